The Kier molecular flexibility index (Phi) is 2.17. The predicted molar refractivity (Wildman–Crippen MR) is 55.4 cm³/mol. The van der Waals surface area contributed by atoms with Crippen molar-refractivity contribution in [1.82, 2.24) is 0 Å². The third kappa shape index (κ3) is 1.51. The van der Waals surface area contributed by atoms with Gasteiger partial charge in [-0.3, -0.25) is 4.79 Å². The van der Waals surface area contributed by atoms with Crippen molar-refractivity contribution in [3.63, 3.8) is 0 Å². The van der Waals surface area contributed by atoms with Gasteiger partial charge in [-0.2, -0.15) is 0 Å². The molecule has 0 bridgehead atoms. The fourth-order valence-electron chi connectivity index (χ4n) is 1.15. The van der Waals surface area contributed by atoms with E-state index in [1.54, 1.807) is 12.2 Å². The number of amides is 1. The molecule has 0 aromatic carbocycles. The first kappa shape index (κ1) is 8.84. The molecule has 1 atom stereocenters. The summed E-state index contributed by atoms with van der Waals surface area (Å²) in [5, 5.41) is 0.523. The maximum Gasteiger partial charge on any atom is 0.260 e. The molecule has 2 aliphatic rings. The average Bonchev–Trinajstić information content (AvgIpc) is 2.09. The molecule has 0 fully saturated rings. The molecular weight excluding hydrogens is 255 g/mol. The van der Waals surface area contributed by atoms with Gasteiger partial charge < -0.3 is 0 Å². The van der Waals surface area contributed by atoms with Crippen molar-refractivity contribution in [2.75, 3.05) is 0 Å². The van der Waals surface area contributed by atoms with E-state index in [0.29, 0.717) is 10.7 Å². The van der Waals surface area contributed by atoms with E-state index in [-0.39, 0.29) is 5.91 Å². The maximum absolute atomic E-state index is 11.3. The van der Waals surface area contributed by atoms with Crippen LogP contribution in [-0.2, 0) is 4.79 Å². The molecule has 0 spiro atoms. The van der Waals surface area contributed by atoms with Crippen molar-refractivity contribution < 1.29 is 4.79 Å². The lowest BCUT2D eigenvalue weighted by Gasteiger charge is -2.16. The normalized spacial score (nSPS) is 26.2. The summed E-state index contributed by atoms with van der Waals surface area (Å²) in [7, 11) is 0. The minimum atomic E-state index is -0.404. The first-order chi connectivity index (χ1) is 6.18. The van der Waals surface area contributed by atoms with Gasteiger partial charge in [0.25, 0.3) is 5.91 Å². The molecule has 0 saturated carbocycles. The number of carbonyl (C=O) groups is 1. The molecule has 0 aromatic heterocycles. The minimum Gasteiger partial charge on any atom is -0.271 e. The van der Waals surface area contributed by atoms with E-state index in [1.807, 2.05) is 0 Å². The van der Waals surface area contributed by atoms with Gasteiger partial charge in [0.1, 0.15) is 12.3 Å². The molecule has 0 aromatic rings. The molecule has 0 radical (unpaired) electrons. The topological polar surface area (TPSA) is 41.8 Å². The zero-order valence-electron chi connectivity index (χ0n) is 6.37. The zero-order chi connectivity index (χ0) is 9.42. The third-order valence-corrected chi connectivity index (χ3v) is 3.01. The highest BCUT2D eigenvalue weighted by atomic mass is 79.9. The van der Waals surface area contributed by atoms with Gasteiger partial charge in [0.05, 0.1) is 10.7 Å². The number of hydrogen-bond donors (Lipinski definition) is 0. The molecule has 1 unspecified atom stereocenters. The summed E-state index contributed by atoms with van der Waals surface area (Å²) in [5.41, 5.74) is 0.677. The maximum atomic E-state index is 11.3. The molecule has 66 valence electrons. The fraction of sp³-hybridized carbons (Fsp3) is 0.125. The van der Waals surface area contributed by atoms with Crippen LogP contribution in [0.2, 0.25) is 0 Å². The highest BCUT2D eigenvalue weighted by molar-refractivity contribution is 9.12. The molecular formula is C8H4BrClN2O. The molecule has 1 amide bonds. The van der Waals surface area contributed by atoms with Crippen molar-refractivity contribution in [3.05, 3.63) is 21.7 Å². The largest absolute Gasteiger partial charge is 0.271 e. The van der Waals surface area contributed by atoms with Crippen molar-refractivity contribution in [1.29, 1.82) is 0 Å². The van der Waals surface area contributed by atoms with E-state index in [1.165, 1.54) is 6.34 Å². The zero-order valence-corrected chi connectivity index (χ0v) is 8.71. The summed E-state index contributed by atoms with van der Waals surface area (Å²) >= 11 is 9.10. The number of allylic oxidation sites excluding steroid dienone is 3. The number of carbonyl (C=O) groups excluding carboxylic acids is 1. The van der Waals surface area contributed by atoms with Gasteiger partial charge in [-0.05, 0) is 28.1 Å². The van der Waals surface area contributed by atoms with Crippen molar-refractivity contribution in [2.24, 2.45) is 15.9 Å². The van der Waals surface area contributed by atoms with E-state index in [4.69, 9.17) is 11.6 Å². The van der Waals surface area contributed by atoms with E-state index in [9.17, 15) is 4.79 Å². The Bertz CT molecular complexity index is 395. The first-order valence-corrected chi connectivity index (χ1v) is 4.74. The highest BCUT2D eigenvalue weighted by Crippen LogP contribution is 2.29. The monoisotopic (exact) mass is 258 g/mol. The second-order valence-electron chi connectivity index (χ2n) is 2.62. The van der Waals surface area contributed by atoms with Crippen LogP contribution in [0, 0.1) is 5.92 Å². The third-order valence-electron chi connectivity index (χ3n) is 1.79. The molecule has 1 aliphatic heterocycles. The molecule has 1 aliphatic carbocycles. The van der Waals surface area contributed by atoms with Gasteiger partial charge in [0, 0.05) is 4.48 Å². The second-order valence-corrected chi connectivity index (χ2v) is 3.88. The van der Waals surface area contributed by atoms with Gasteiger partial charge in [-0.25, -0.2) is 9.98 Å². The van der Waals surface area contributed by atoms with Crippen molar-refractivity contribution >= 4 is 45.5 Å². The Morgan fingerprint density at radius 2 is 2.31 bits per heavy atom. The molecule has 2 rings (SSSR count). The minimum absolute atomic E-state index is 0.223. The number of nitrogens with zero attached hydrogens (tertiary/aromatic N) is 2. The van der Waals surface area contributed by atoms with E-state index >= 15 is 0 Å². The lowest BCUT2D eigenvalue weighted by atomic mass is 9.97. The van der Waals surface area contributed by atoms with Gasteiger partial charge in [0.15, 0.2) is 0 Å². The Morgan fingerprint density at radius 1 is 1.54 bits per heavy atom. The fourth-order valence-corrected chi connectivity index (χ4v) is 1.70. The van der Waals surface area contributed by atoms with Crippen LogP contribution in [0.3, 0.4) is 0 Å². The van der Waals surface area contributed by atoms with E-state index in [0.717, 1.165) is 4.48 Å². The number of halogens is 2. The summed E-state index contributed by atoms with van der Waals surface area (Å²) < 4.78 is 0.743. The highest BCUT2D eigenvalue weighted by Gasteiger charge is 2.26. The van der Waals surface area contributed by atoms with Crippen LogP contribution in [0.15, 0.2) is 31.7 Å². The second kappa shape index (κ2) is 3.20. The van der Waals surface area contributed by atoms with E-state index < -0.39 is 5.92 Å². The molecule has 1 heterocycles. The number of rotatable bonds is 0. The summed E-state index contributed by atoms with van der Waals surface area (Å²) in [6.45, 7) is 0. The van der Waals surface area contributed by atoms with Crippen LogP contribution >= 0.6 is 27.5 Å². The Hall–Kier alpha value is -0.740. The van der Waals surface area contributed by atoms with Gasteiger partial charge in [0.2, 0.25) is 0 Å². The smallest absolute Gasteiger partial charge is 0.260 e. The summed E-state index contributed by atoms with van der Waals surface area (Å²) in [6.07, 6.45) is 4.64. The Morgan fingerprint density at radius 3 is 3.08 bits per heavy atom. The van der Waals surface area contributed by atoms with Crippen LogP contribution in [-0.4, -0.2) is 18.0 Å². The molecule has 13 heavy (non-hydrogen) atoms. The Labute approximate surface area is 88.0 Å². The standard InChI is InChI=1S/C8H4BrClN2O/c9-5-2-7-4(1-6(5)10)8(13)12-3-11-7/h1-4H. The lowest BCUT2D eigenvalue weighted by molar-refractivity contribution is -0.118. The number of hydrogen-bond acceptors (Lipinski definition) is 2. The van der Waals surface area contributed by atoms with Crippen LogP contribution in [0.1, 0.15) is 0 Å². The SMILES string of the molecule is O=C1N=CN=C2C=C(Br)C(Cl)=CC12. The Balaban J connectivity index is 2.47. The molecule has 0 N–H and O–H groups in total. The summed E-state index contributed by atoms with van der Waals surface area (Å²) in [5.74, 6) is -0.627. The lowest BCUT2D eigenvalue weighted by Crippen LogP contribution is -2.25. The number of fused-ring (bicyclic) bond motifs is 1. The van der Waals surface area contributed by atoms with Gasteiger partial charge >= 0.3 is 0 Å². The van der Waals surface area contributed by atoms with E-state index in [2.05, 4.69) is 25.9 Å². The summed E-state index contributed by atoms with van der Waals surface area (Å²) in [6, 6.07) is 0. The molecule has 0 saturated heterocycles. The molecule has 5 heteroatoms. The first-order valence-electron chi connectivity index (χ1n) is 3.57. The summed E-state index contributed by atoms with van der Waals surface area (Å²) in [4.78, 5) is 18.8. The van der Waals surface area contributed by atoms with Crippen LogP contribution in [0.25, 0.3) is 0 Å². The average molecular weight is 259 g/mol. The molecule has 3 nitrogen and oxygen atoms in total. The van der Waals surface area contributed by atoms with Gasteiger partial charge in [-0.15, -0.1) is 0 Å². The number of aliphatic imine (C=N–C) groups is 2. The predicted octanol–water partition coefficient (Wildman–Crippen LogP) is 2.03. The quantitative estimate of drug-likeness (QED) is 0.656. The van der Waals surface area contributed by atoms with Crippen LogP contribution in [0.4, 0.5) is 0 Å². The van der Waals surface area contributed by atoms with Gasteiger partial charge in [-0.1, -0.05) is 11.6 Å². The van der Waals surface area contributed by atoms with Crippen molar-refractivity contribution in [3.8, 4) is 0 Å². The van der Waals surface area contributed by atoms with Crippen LogP contribution in [0.5, 0.6) is 0 Å². The van der Waals surface area contributed by atoms with Crippen molar-refractivity contribution in [2.45, 2.75) is 0 Å². The van der Waals surface area contributed by atoms with Crippen LogP contribution < -0.4 is 0 Å².